The summed E-state index contributed by atoms with van der Waals surface area (Å²) in [7, 11) is 0. The van der Waals surface area contributed by atoms with Gasteiger partial charge in [0.2, 0.25) is 5.82 Å². The highest BCUT2D eigenvalue weighted by atomic mass is 32.2. The standard InChI is InChI=1S/C13H17N5S/c1-3-10(8-14-12-5-2-6-19-9-12)7-11(4-1)13-15-17-18-16-13/h1,3-4,7,12,14H,2,5-6,8-9H2,(H,15,16,17,18)/t12-/m1/s1. The largest absolute Gasteiger partial charge is 0.309 e. The van der Waals surface area contributed by atoms with Crippen molar-refractivity contribution in [2.45, 2.75) is 25.4 Å². The Labute approximate surface area is 116 Å². The Balaban J connectivity index is 1.63. The normalized spacial score (nSPS) is 19.5. The van der Waals surface area contributed by atoms with Crippen molar-refractivity contribution in [2.75, 3.05) is 11.5 Å². The summed E-state index contributed by atoms with van der Waals surface area (Å²) >= 11 is 2.04. The van der Waals surface area contributed by atoms with Gasteiger partial charge in [-0.1, -0.05) is 18.2 Å². The monoisotopic (exact) mass is 275 g/mol. The SMILES string of the molecule is c1cc(CN[C@@H]2CCCSC2)cc(-c2nn[nH]n2)c1. The van der Waals surface area contributed by atoms with Gasteiger partial charge in [-0.2, -0.15) is 17.0 Å². The van der Waals surface area contributed by atoms with Gasteiger partial charge in [-0.15, -0.1) is 10.2 Å². The molecular weight excluding hydrogens is 258 g/mol. The van der Waals surface area contributed by atoms with Gasteiger partial charge < -0.3 is 5.32 Å². The number of thioether (sulfide) groups is 1. The van der Waals surface area contributed by atoms with Crippen molar-refractivity contribution in [2.24, 2.45) is 0 Å². The molecule has 6 heteroatoms. The van der Waals surface area contributed by atoms with Crippen molar-refractivity contribution in [1.29, 1.82) is 0 Å². The third-order valence-corrected chi connectivity index (χ3v) is 4.50. The van der Waals surface area contributed by atoms with Crippen molar-refractivity contribution >= 4 is 11.8 Å². The van der Waals surface area contributed by atoms with Gasteiger partial charge in [-0.3, -0.25) is 0 Å². The van der Waals surface area contributed by atoms with Crippen molar-refractivity contribution in [3.8, 4) is 11.4 Å². The van der Waals surface area contributed by atoms with Crippen molar-refractivity contribution in [3.63, 3.8) is 0 Å². The van der Waals surface area contributed by atoms with Gasteiger partial charge >= 0.3 is 0 Å². The van der Waals surface area contributed by atoms with Crippen LogP contribution >= 0.6 is 11.8 Å². The number of nitrogens with zero attached hydrogens (tertiary/aromatic N) is 3. The van der Waals surface area contributed by atoms with Gasteiger partial charge in [-0.25, -0.2) is 0 Å². The van der Waals surface area contributed by atoms with E-state index in [-0.39, 0.29) is 0 Å². The van der Waals surface area contributed by atoms with E-state index < -0.39 is 0 Å². The number of aromatic nitrogens is 4. The Kier molecular flexibility index (Phi) is 4.10. The molecule has 5 nitrogen and oxygen atoms in total. The van der Waals surface area contributed by atoms with Crippen molar-refractivity contribution < 1.29 is 0 Å². The highest BCUT2D eigenvalue weighted by molar-refractivity contribution is 7.99. The van der Waals surface area contributed by atoms with E-state index in [2.05, 4.69) is 38.1 Å². The molecule has 0 unspecified atom stereocenters. The minimum atomic E-state index is 0.646. The summed E-state index contributed by atoms with van der Waals surface area (Å²) < 4.78 is 0. The summed E-state index contributed by atoms with van der Waals surface area (Å²) in [6.07, 6.45) is 2.61. The van der Waals surface area contributed by atoms with E-state index in [9.17, 15) is 0 Å². The molecule has 19 heavy (non-hydrogen) atoms. The average Bonchev–Trinajstić information content (AvgIpc) is 3.01. The molecule has 1 saturated heterocycles. The quantitative estimate of drug-likeness (QED) is 0.891. The molecule has 0 saturated carbocycles. The van der Waals surface area contributed by atoms with E-state index in [1.165, 1.54) is 29.9 Å². The number of rotatable bonds is 4. The van der Waals surface area contributed by atoms with E-state index in [0.29, 0.717) is 11.9 Å². The summed E-state index contributed by atoms with van der Waals surface area (Å²) in [6.45, 7) is 0.900. The second-order valence-electron chi connectivity index (χ2n) is 4.73. The molecule has 0 radical (unpaired) electrons. The highest BCUT2D eigenvalue weighted by Gasteiger charge is 2.12. The number of hydrogen-bond donors (Lipinski definition) is 2. The van der Waals surface area contributed by atoms with E-state index in [0.717, 1.165) is 12.1 Å². The minimum absolute atomic E-state index is 0.646. The summed E-state index contributed by atoms with van der Waals surface area (Å²) in [6, 6.07) is 8.94. The predicted octanol–water partition coefficient (Wildman–Crippen LogP) is 1.85. The van der Waals surface area contributed by atoms with Crippen molar-refractivity contribution in [1.82, 2.24) is 25.9 Å². The van der Waals surface area contributed by atoms with Crippen LogP contribution in [0, 0.1) is 0 Å². The lowest BCUT2D eigenvalue weighted by atomic mass is 10.1. The third kappa shape index (κ3) is 3.33. The maximum Gasteiger partial charge on any atom is 0.204 e. The number of nitrogens with one attached hydrogen (secondary N) is 2. The van der Waals surface area contributed by atoms with Crippen LogP contribution in [0.5, 0.6) is 0 Å². The molecule has 2 aromatic rings. The molecule has 2 heterocycles. The van der Waals surface area contributed by atoms with Crippen LogP contribution in [0.3, 0.4) is 0 Å². The molecule has 100 valence electrons. The summed E-state index contributed by atoms with van der Waals surface area (Å²) in [5.74, 6) is 3.19. The molecule has 1 aromatic carbocycles. The van der Waals surface area contributed by atoms with Crippen LogP contribution in [-0.4, -0.2) is 38.2 Å². The van der Waals surface area contributed by atoms with Gasteiger partial charge in [-0.05, 0) is 35.4 Å². The van der Waals surface area contributed by atoms with Gasteiger partial charge in [0, 0.05) is 23.9 Å². The molecule has 1 aliphatic rings. The molecular formula is C13H17N5S. The number of aromatic amines is 1. The molecule has 1 atom stereocenters. The van der Waals surface area contributed by atoms with Crippen LogP contribution in [0.15, 0.2) is 24.3 Å². The lowest BCUT2D eigenvalue weighted by Crippen LogP contribution is -2.33. The first-order chi connectivity index (χ1) is 9.42. The predicted molar refractivity (Wildman–Crippen MR) is 76.8 cm³/mol. The Morgan fingerprint density at radius 3 is 3.21 bits per heavy atom. The molecule has 0 bridgehead atoms. The Hall–Kier alpha value is -1.40. The van der Waals surface area contributed by atoms with Crippen LogP contribution in [0.4, 0.5) is 0 Å². The summed E-state index contributed by atoms with van der Waals surface area (Å²) in [5, 5.41) is 17.7. The van der Waals surface area contributed by atoms with Gasteiger partial charge in [0.1, 0.15) is 0 Å². The first-order valence-corrected chi connectivity index (χ1v) is 7.71. The first kappa shape index (κ1) is 12.6. The molecule has 2 N–H and O–H groups in total. The molecule has 3 rings (SSSR count). The lowest BCUT2D eigenvalue weighted by Gasteiger charge is -2.22. The minimum Gasteiger partial charge on any atom is -0.309 e. The second kappa shape index (κ2) is 6.16. The van der Waals surface area contributed by atoms with Crippen LogP contribution in [0.1, 0.15) is 18.4 Å². The van der Waals surface area contributed by atoms with Crippen LogP contribution < -0.4 is 5.32 Å². The molecule has 1 aliphatic heterocycles. The smallest absolute Gasteiger partial charge is 0.204 e. The van der Waals surface area contributed by atoms with Gasteiger partial charge in [0.05, 0.1) is 0 Å². The summed E-state index contributed by atoms with van der Waals surface area (Å²) in [4.78, 5) is 0. The third-order valence-electron chi connectivity index (χ3n) is 3.29. The van der Waals surface area contributed by atoms with Gasteiger partial charge in [0.25, 0.3) is 0 Å². The fraction of sp³-hybridized carbons (Fsp3) is 0.462. The van der Waals surface area contributed by atoms with Crippen LogP contribution in [0.2, 0.25) is 0 Å². The molecule has 0 aliphatic carbocycles. The maximum absolute atomic E-state index is 4.01. The number of H-pyrrole nitrogens is 1. The zero-order valence-electron chi connectivity index (χ0n) is 10.7. The zero-order chi connectivity index (χ0) is 12.9. The highest BCUT2D eigenvalue weighted by Crippen LogP contribution is 2.18. The first-order valence-electron chi connectivity index (χ1n) is 6.56. The number of benzene rings is 1. The fourth-order valence-electron chi connectivity index (χ4n) is 2.27. The van der Waals surface area contributed by atoms with E-state index >= 15 is 0 Å². The van der Waals surface area contributed by atoms with Crippen LogP contribution in [0.25, 0.3) is 11.4 Å². The number of tetrazole rings is 1. The van der Waals surface area contributed by atoms with E-state index in [1.54, 1.807) is 0 Å². The van der Waals surface area contributed by atoms with Crippen molar-refractivity contribution in [3.05, 3.63) is 29.8 Å². The Bertz CT molecular complexity index is 508. The lowest BCUT2D eigenvalue weighted by molar-refractivity contribution is 0.508. The Morgan fingerprint density at radius 1 is 1.42 bits per heavy atom. The molecule has 1 aromatic heterocycles. The van der Waals surface area contributed by atoms with Gasteiger partial charge in [0.15, 0.2) is 0 Å². The molecule has 0 spiro atoms. The van der Waals surface area contributed by atoms with Crippen LogP contribution in [-0.2, 0) is 6.54 Å². The number of hydrogen-bond acceptors (Lipinski definition) is 5. The molecule has 0 amide bonds. The zero-order valence-corrected chi connectivity index (χ0v) is 11.5. The van der Waals surface area contributed by atoms with E-state index in [1.807, 2.05) is 23.9 Å². The van der Waals surface area contributed by atoms with E-state index in [4.69, 9.17) is 0 Å². The summed E-state index contributed by atoms with van der Waals surface area (Å²) in [5.41, 5.74) is 2.27. The average molecular weight is 275 g/mol. The Morgan fingerprint density at radius 2 is 2.42 bits per heavy atom. The topological polar surface area (TPSA) is 66.5 Å². The fourth-order valence-corrected chi connectivity index (χ4v) is 3.37. The molecule has 1 fully saturated rings. The maximum atomic E-state index is 4.01. The second-order valence-corrected chi connectivity index (χ2v) is 5.88.